The van der Waals surface area contributed by atoms with E-state index in [-0.39, 0.29) is 0 Å². The molecule has 19 rings (SSSR count). The van der Waals surface area contributed by atoms with Crippen molar-refractivity contribution in [3.8, 4) is 22.7 Å². The standard InChI is InChI=1S/C78H49N6.Al/c1-3-22-53(23-4-1)79(57-28-20-30-59(49-57)81-71-38-13-7-32-63(71)64-33-8-14-39-72(64)81)55-26-19-27-56(48-55)80(54-24-5-2-6-25-54)58-29-21-31-60(50-58)82-77-46-44-61(83-73-40-15-9-34-65(73)66-35-10-16-41-74(66)83)51-69(77)70-52-62(45-47-78(70)82)84-75-42-17-11-36-67(75)68-37-12-18-43-76(68)84;/h1-27,30-47,49-52H;. The van der Waals surface area contributed by atoms with Crippen molar-refractivity contribution in [1.29, 1.82) is 0 Å². The van der Waals surface area contributed by atoms with Gasteiger partial charge in [-0.25, -0.2) is 0 Å². The van der Waals surface area contributed by atoms with Crippen molar-refractivity contribution in [3.05, 3.63) is 297 Å². The Morgan fingerprint density at radius 2 is 0.471 bits per heavy atom. The van der Waals surface area contributed by atoms with E-state index in [4.69, 9.17) is 0 Å². The summed E-state index contributed by atoms with van der Waals surface area (Å²) in [5.74, 6) is 0. The molecule has 0 atom stereocenters. The van der Waals surface area contributed by atoms with E-state index >= 15 is 0 Å². The van der Waals surface area contributed by atoms with Crippen molar-refractivity contribution in [2.24, 2.45) is 0 Å². The van der Waals surface area contributed by atoms with Crippen LogP contribution in [0.25, 0.3) is 110 Å². The number of nitrogens with zero attached hydrogens (tertiary/aromatic N) is 6. The maximum Gasteiger partial charge on any atom is 0.396 e. The van der Waals surface area contributed by atoms with Crippen molar-refractivity contribution in [2.75, 3.05) is 9.80 Å². The summed E-state index contributed by atoms with van der Waals surface area (Å²) in [4.78, 5) is 5.09. The molecule has 0 saturated carbocycles. The Balaban J connectivity index is 0.861. The molecule has 2 aliphatic heterocycles. The lowest BCUT2D eigenvalue weighted by molar-refractivity contribution is 1.15. The van der Waals surface area contributed by atoms with Crippen LogP contribution in [0.15, 0.2) is 297 Å². The molecule has 0 amide bonds. The second-order valence-corrected chi connectivity index (χ2v) is 25.5. The fraction of sp³-hybridized carbons (Fsp3) is 0. The lowest BCUT2D eigenvalue weighted by Gasteiger charge is -2.44. The first-order chi connectivity index (χ1) is 42.2. The van der Waals surface area contributed by atoms with Gasteiger partial charge < -0.3 is 28.1 Å². The van der Waals surface area contributed by atoms with E-state index in [1.54, 1.807) is 0 Å². The van der Waals surface area contributed by atoms with Gasteiger partial charge in [0.05, 0.1) is 44.1 Å². The Morgan fingerprint density at radius 1 is 0.188 bits per heavy atom. The van der Waals surface area contributed by atoms with Crippen LogP contribution in [0.2, 0.25) is 0 Å². The van der Waals surface area contributed by atoms with Crippen LogP contribution in [-0.2, 0) is 0 Å². The van der Waals surface area contributed by atoms with Gasteiger partial charge in [0, 0.05) is 100.0 Å². The minimum Gasteiger partial charge on any atom is -0.313 e. The predicted molar refractivity (Wildman–Crippen MR) is 358 cm³/mol. The van der Waals surface area contributed by atoms with E-state index in [9.17, 15) is 0 Å². The molecular formula is C78H49AlN6. The fourth-order valence-electron chi connectivity index (χ4n) is 15.1. The van der Waals surface area contributed by atoms with E-state index in [1.807, 2.05) is 0 Å². The quantitative estimate of drug-likeness (QED) is 0.155. The molecule has 4 aromatic heterocycles. The predicted octanol–water partition coefficient (Wildman–Crippen LogP) is 18.2. The Morgan fingerprint density at radius 3 is 0.812 bits per heavy atom. The molecule has 0 saturated heterocycles. The molecule has 0 bridgehead atoms. The summed E-state index contributed by atoms with van der Waals surface area (Å²) in [7, 11) is 0. The topological polar surface area (TPSA) is 26.2 Å². The molecule has 13 aromatic carbocycles. The molecule has 394 valence electrons. The highest BCUT2D eigenvalue weighted by Gasteiger charge is 2.45. The molecule has 17 aromatic rings. The molecule has 0 radical (unpaired) electrons. The fourth-order valence-corrected chi connectivity index (χ4v) is 18.6. The number of rotatable bonds is 6. The summed E-state index contributed by atoms with van der Waals surface area (Å²) in [5.41, 5.74) is 21.2. The number of anilines is 6. The molecule has 0 N–H and O–H groups in total. The zero-order valence-electron chi connectivity index (χ0n) is 46.1. The zero-order valence-corrected chi connectivity index (χ0v) is 47.2. The maximum absolute atomic E-state index is 2.55. The lowest BCUT2D eigenvalue weighted by Crippen LogP contribution is -2.61. The van der Waals surface area contributed by atoms with Gasteiger partial charge in [0.15, 0.2) is 0 Å². The van der Waals surface area contributed by atoms with Crippen LogP contribution in [0.4, 0.5) is 34.1 Å². The molecule has 6 nitrogen and oxygen atoms in total. The van der Waals surface area contributed by atoms with Gasteiger partial charge in [-0.1, -0.05) is 177 Å². The van der Waals surface area contributed by atoms with Gasteiger partial charge in [-0.2, -0.15) is 0 Å². The van der Waals surface area contributed by atoms with E-state index < -0.39 is 14.1 Å². The summed E-state index contributed by atoms with van der Waals surface area (Å²) in [6.45, 7) is 0. The summed E-state index contributed by atoms with van der Waals surface area (Å²) < 4.78 is 14.1. The summed E-state index contributed by atoms with van der Waals surface area (Å²) in [5, 5.41) is 9.91. The van der Waals surface area contributed by atoms with E-state index in [0.717, 1.165) is 45.2 Å². The molecule has 85 heavy (non-hydrogen) atoms. The monoisotopic (exact) mass is 1100 g/mol. The third-order valence-electron chi connectivity index (χ3n) is 18.5. The van der Waals surface area contributed by atoms with Crippen molar-refractivity contribution in [3.63, 3.8) is 0 Å². The van der Waals surface area contributed by atoms with Crippen LogP contribution in [0.5, 0.6) is 0 Å². The lowest BCUT2D eigenvalue weighted by atomic mass is 10.1. The van der Waals surface area contributed by atoms with E-state index in [2.05, 4.69) is 325 Å². The van der Waals surface area contributed by atoms with Gasteiger partial charge in [-0.3, -0.25) is 0 Å². The van der Waals surface area contributed by atoms with E-state index in [0.29, 0.717) is 0 Å². The summed E-state index contributed by atoms with van der Waals surface area (Å²) >= 11 is -2.23. The third-order valence-corrected chi connectivity index (χ3v) is 21.9. The van der Waals surface area contributed by atoms with Gasteiger partial charge >= 0.3 is 14.1 Å². The molecule has 0 fully saturated rings. The smallest absolute Gasteiger partial charge is 0.313 e. The highest BCUT2D eigenvalue weighted by molar-refractivity contribution is 7.00. The molecule has 2 aliphatic rings. The second kappa shape index (κ2) is 17.8. The Hall–Kier alpha value is -10.8. The number of hydrogen-bond acceptors (Lipinski definition) is 2. The Labute approximate surface area is 493 Å². The number of hydrogen-bond donors (Lipinski definition) is 0. The molecular weight excluding hydrogens is 1050 g/mol. The van der Waals surface area contributed by atoms with Crippen molar-refractivity contribution >= 4 is 149 Å². The molecule has 0 spiro atoms. The Kier molecular flexibility index (Phi) is 9.82. The highest BCUT2D eigenvalue weighted by Crippen LogP contribution is 2.47. The van der Waals surface area contributed by atoms with Gasteiger partial charge in [0.1, 0.15) is 0 Å². The number of fused-ring (bicyclic) bond motifs is 16. The van der Waals surface area contributed by atoms with Crippen molar-refractivity contribution < 1.29 is 0 Å². The number of benzene rings is 13. The molecule has 7 heteroatoms. The molecule has 0 unspecified atom stereocenters. The van der Waals surface area contributed by atoms with Crippen molar-refractivity contribution in [1.82, 2.24) is 18.3 Å². The van der Waals surface area contributed by atoms with Gasteiger partial charge in [-0.05, 0) is 133 Å². The normalized spacial score (nSPS) is 12.9. The van der Waals surface area contributed by atoms with Gasteiger partial charge in [-0.15, -0.1) is 0 Å². The first kappa shape index (κ1) is 46.8. The van der Waals surface area contributed by atoms with Crippen LogP contribution in [0.3, 0.4) is 0 Å². The van der Waals surface area contributed by atoms with Gasteiger partial charge in [0.25, 0.3) is 0 Å². The average molecular weight is 1100 g/mol. The van der Waals surface area contributed by atoms with Crippen LogP contribution in [-0.4, -0.2) is 32.4 Å². The third kappa shape index (κ3) is 6.59. The molecule has 6 heterocycles. The minimum atomic E-state index is -2.23. The summed E-state index contributed by atoms with van der Waals surface area (Å²) in [6.07, 6.45) is 0. The van der Waals surface area contributed by atoms with Crippen LogP contribution in [0, 0.1) is 0 Å². The molecule has 0 aliphatic carbocycles. The highest BCUT2D eigenvalue weighted by atomic mass is 27.2. The Bertz CT molecular complexity index is 5320. The van der Waals surface area contributed by atoms with Crippen molar-refractivity contribution in [2.45, 2.75) is 0 Å². The second-order valence-electron chi connectivity index (χ2n) is 22.8. The number of para-hydroxylation sites is 8. The van der Waals surface area contributed by atoms with Crippen LogP contribution in [0.1, 0.15) is 0 Å². The first-order valence-corrected chi connectivity index (χ1v) is 31.1. The van der Waals surface area contributed by atoms with Crippen LogP contribution >= 0.6 is 0 Å². The average Bonchev–Trinajstić information content (AvgIpc) is 3.32. The SMILES string of the molecule is c1ccc(N2c3cc(-n4c5ccccc5c5ccccc54)cc[c]3[Al]3[c]4ccc(-n5c6ccc(-n7c8ccccc8c8ccccc87)cc6c6cc(-n7c8ccccc8c8ccccc87)ccc65)cc4N(c4ccccc4)c4cccc2[c]43)cc1. The maximum atomic E-state index is 2.55. The largest absolute Gasteiger partial charge is 0.396 e. The van der Waals surface area contributed by atoms with E-state index in [1.165, 1.54) is 112 Å². The summed E-state index contributed by atoms with van der Waals surface area (Å²) in [6, 6.07) is 111. The van der Waals surface area contributed by atoms with Crippen LogP contribution < -0.4 is 23.1 Å². The van der Waals surface area contributed by atoms with Gasteiger partial charge in [0.2, 0.25) is 0 Å². The number of aromatic nitrogens is 4. The zero-order chi connectivity index (χ0) is 55.4. The first-order valence-electron chi connectivity index (χ1n) is 29.4. The minimum absolute atomic E-state index is 1.12.